The second-order valence-corrected chi connectivity index (χ2v) is 7.49. The third-order valence-electron chi connectivity index (χ3n) is 3.93. The van der Waals surface area contributed by atoms with Crippen molar-refractivity contribution >= 4 is 11.8 Å². The lowest BCUT2D eigenvalue weighted by atomic mass is 9.73. The van der Waals surface area contributed by atoms with Crippen molar-refractivity contribution in [3.63, 3.8) is 0 Å². The van der Waals surface area contributed by atoms with Crippen LogP contribution >= 0.6 is 11.8 Å². The maximum absolute atomic E-state index is 3.73. The molecule has 1 N–H and O–H groups in total. The standard InChI is InChI=1S/C14H29NS/c1-6-11(3)16-12-9-8-10-14(4,5)13(12)15-7-2/h11-13,15H,6-10H2,1-5H3. The van der Waals surface area contributed by atoms with E-state index in [2.05, 4.69) is 51.7 Å². The molecular formula is C14H29NS. The largest absolute Gasteiger partial charge is 0.313 e. The van der Waals surface area contributed by atoms with Gasteiger partial charge in [0.05, 0.1) is 0 Å². The van der Waals surface area contributed by atoms with Crippen LogP contribution in [0.25, 0.3) is 0 Å². The summed E-state index contributed by atoms with van der Waals surface area (Å²) in [4.78, 5) is 0. The molecule has 0 bridgehead atoms. The normalized spacial score (nSPS) is 31.3. The minimum Gasteiger partial charge on any atom is -0.313 e. The van der Waals surface area contributed by atoms with Gasteiger partial charge in [-0.05, 0) is 31.2 Å². The highest BCUT2D eigenvalue weighted by Gasteiger charge is 2.38. The third-order valence-corrected chi connectivity index (χ3v) is 5.58. The van der Waals surface area contributed by atoms with Crippen LogP contribution in [0.15, 0.2) is 0 Å². The fourth-order valence-corrected chi connectivity index (χ4v) is 4.47. The highest BCUT2D eigenvalue weighted by molar-refractivity contribution is 8.00. The van der Waals surface area contributed by atoms with Gasteiger partial charge >= 0.3 is 0 Å². The molecule has 1 aliphatic carbocycles. The van der Waals surface area contributed by atoms with Crippen molar-refractivity contribution < 1.29 is 0 Å². The Balaban J connectivity index is 2.64. The molecular weight excluding hydrogens is 214 g/mol. The van der Waals surface area contributed by atoms with Crippen molar-refractivity contribution in [3.8, 4) is 0 Å². The lowest BCUT2D eigenvalue weighted by molar-refractivity contribution is 0.176. The van der Waals surface area contributed by atoms with Crippen LogP contribution in [0.2, 0.25) is 0 Å². The van der Waals surface area contributed by atoms with Gasteiger partial charge in [-0.2, -0.15) is 11.8 Å². The van der Waals surface area contributed by atoms with Crippen molar-refractivity contribution in [2.24, 2.45) is 5.41 Å². The summed E-state index contributed by atoms with van der Waals surface area (Å²) in [5, 5.41) is 5.36. The average Bonchev–Trinajstić information content (AvgIpc) is 2.22. The van der Waals surface area contributed by atoms with Crippen LogP contribution in [0, 0.1) is 5.41 Å². The average molecular weight is 243 g/mol. The van der Waals surface area contributed by atoms with E-state index in [9.17, 15) is 0 Å². The van der Waals surface area contributed by atoms with Gasteiger partial charge in [-0.1, -0.05) is 41.0 Å². The Hall–Kier alpha value is 0.310. The van der Waals surface area contributed by atoms with E-state index in [1.54, 1.807) is 0 Å². The molecule has 0 amide bonds. The SMILES string of the molecule is CCNC1C(SC(C)CC)CCCC1(C)C. The lowest BCUT2D eigenvalue weighted by Crippen LogP contribution is -2.51. The van der Waals surface area contributed by atoms with Crippen molar-refractivity contribution in [1.82, 2.24) is 5.32 Å². The summed E-state index contributed by atoms with van der Waals surface area (Å²) in [5.41, 5.74) is 0.472. The molecule has 0 saturated heterocycles. The fraction of sp³-hybridized carbons (Fsp3) is 1.00. The van der Waals surface area contributed by atoms with E-state index in [1.807, 2.05) is 0 Å². The molecule has 1 fully saturated rings. The van der Waals surface area contributed by atoms with Crippen LogP contribution in [0.5, 0.6) is 0 Å². The first-order valence-electron chi connectivity index (χ1n) is 6.90. The Morgan fingerprint density at radius 1 is 1.38 bits per heavy atom. The molecule has 0 heterocycles. The molecule has 0 aliphatic heterocycles. The Kier molecular flexibility index (Phi) is 5.66. The van der Waals surface area contributed by atoms with Gasteiger partial charge in [0.15, 0.2) is 0 Å². The number of thioether (sulfide) groups is 1. The zero-order valence-electron chi connectivity index (χ0n) is 11.7. The zero-order chi connectivity index (χ0) is 12.2. The second kappa shape index (κ2) is 6.30. The Morgan fingerprint density at radius 2 is 2.06 bits per heavy atom. The van der Waals surface area contributed by atoms with Gasteiger partial charge < -0.3 is 5.32 Å². The zero-order valence-corrected chi connectivity index (χ0v) is 12.5. The molecule has 3 atom stereocenters. The highest BCUT2D eigenvalue weighted by Crippen LogP contribution is 2.42. The molecule has 0 radical (unpaired) electrons. The quantitative estimate of drug-likeness (QED) is 0.781. The van der Waals surface area contributed by atoms with E-state index >= 15 is 0 Å². The molecule has 0 aromatic carbocycles. The van der Waals surface area contributed by atoms with Gasteiger partial charge in [-0.25, -0.2) is 0 Å². The first-order valence-corrected chi connectivity index (χ1v) is 7.84. The summed E-state index contributed by atoms with van der Waals surface area (Å²) in [6.45, 7) is 12.9. The minimum absolute atomic E-state index is 0.472. The van der Waals surface area contributed by atoms with Gasteiger partial charge in [0.2, 0.25) is 0 Å². The molecule has 16 heavy (non-hydrogen) atoms. The van der Waals surface area contributed by atoms with Gasteiger partial charge in [-0.3, -0.25) is 0 Å². The molecule has 3 unspecified atom stereocenters. The van der Waals surface area contributed by atoms with Crippen molar-refractivity contribution in [1.29, 1.82) is 0 Å². The van der Waals surface area contributed by atoms with Crippen LogP contribution in [-0.4, -0.2) is 23.1 Å². The smallest absolute Gasteiger partial charge is 0.0237 e. The van der Waals surface area contributed by atoms with E-state index in [1.165, 1.54) is 25.7 Å². The Morgan fingerprint density at radius 3 is 2.62 bits per heavy atom. The highest BCUT2D eigenvalue weighted by atomic mass is 32.2. The molecule has 0 aromatic heterocycles. The number of hydrogen-bond acceptors (Lipinski definition) is 2. The summed E-state index contributed by atoms with van der Waals surface area (Å²) < 4.78 is 0. The molecule has 1 aliphatic rings. The minimum atomic E-state index is 0.472. The lowest BCUT2D eigenvalue weighted by Gasteiger charge is -2.45. The molecule has 1 saturated carbocycles. The summed E-state index contributed by atoms with van der Waals surface area (Å²) in [6, 6.07) is 0.699. The topological polar surface area (TPSA) is 12.0 Å². The summed E-state index contributed by atoms with van der Waals surface area (Å²) in [5.74, 6) is 0. The second-order valence-electron chi connectivity index (χ2n) is 5.81. The van der Waals surface area contributed by atoms with Crippen molar-refractivity contribution in [2.45, 2.75) is 76.8 Å². The number of rotatable bonds is 5. The number of nitrogens with one attached hydrogen (secondary N) is 1. The molecule has 96 valence electrons. The first kappa shape index (κ1) is 14.4. The molecule has 0 aromatic rings. The van der Waals surface area contributed by atoms with Gasteiger partial charge in [0, 0.05) is 16.5 Å². The summed E-state index contributed by atoms with van der Waals surface area (Å²) >= 11 is 2.21. The fourth-order valence-electron chi connectivity index (χ4n) is 2.75. The maximum Gasteiger partial charge on any atom is 0.0237 e. The van der Waals surface area contributed by atoms with Crippen LogP contribution in [-0.2, 0) is 0 Å². The van der Waals surface area contributed by atoms with Gasteiger partial charge in [0.1, 0.15) is 0 Å². The van der Waals surface area contributed by atoms with E-state index in [0.717, 1.165) is 17.0 Å². The van der Waals surface area contributed by atoms with E-state index in [0.29, 0.717) is 11.5 Å². The van der Waals surface area contributed by atoms with E-state index in [4.69, 9.17) is 0 Å². The van der Waals surface area contributed by atoms with Crippen LogP contribution < -0.4 is 5.32 Å². The summed E-state index contributed by atoms with van der Waals surface area (Å²) in [6.07, 6.45) is 5.47. The summed E-state index contributed by atoms with van der Waals surface area (Å²) in [7, 11) is 0. The number of hydrogen-bond donors (Lipinski definition) is 1. The third kappa shape index (κ3) is 3.66. The predicted octanol–water partition coefficient (Wildman–Crippen LogP) is 4.07. The van der Waals surface area contributed by atoms with Crippen molar-refractivity contribution in [2.75, 3.05) is 6.54 Å². The van der Waals surface area contributed by atoms with E-state index < -0.39 is 0 Å². The molecule has 0 spiro atoms. The molecule has 1 nitrogen and oxygen atoms in total. The first-order chi connectivity index (χ1) is 7.51. The van der Waals surface area contributed by atoms with Crippen LogP contribution in [0.1, 0.15) is 60.3 Å². The van der Waals surface area contributed by atoms with Crippen LogP contribution in [0.3, 0.4) is 0 Å². The van der Waals surface area contributed by atoms with Crippen molar-refractivity contribution in [3.05, 3.63) is 0 Å². The molecule has 2 heteroatoms. The van der Waals surface area contributed by atoms with Gasteiger partial charge in [0.25, 0.3) is 0 Å². The molecule has 1 rings (SSSR count). The monoisotopic (exact) mass is 243 g/mol. The Labute approximate surface area is 106 Å². The Bertz CT molecular complexity index is 203. The predicted molar refractivity (Wildman–Crippen MR) is 76.2 cm³/mol. The maximum atomic E-state index is 3.73. The van der Waals surface area contributed by atoms with Crippen LogP contribution in [0.4, 0.5) is 0 Å². The van der Waals surface area contributed by atoms with Gasteiger partial charge in [-0.15, -0.1) is 0 Å². The van der Waals surface area contributed by atoms with E-state index in [-0.39, 0.29) is 0 Å².